The van der Waals surface area contributed by atoms with Crippen molar-refractivity contribution in [2.75, 3.05) is 53.6 Å². The molecule has 1 saturated heterocycles. The second-order valence-electron chi connectivity index (χ2n) is 9.18. The number of amides is 3. The molecule has 3 heterocycles. The van der Waals surface area contributed by atoms with Gasteiger partial charge in [0, 0.05) is 38.3 Å². The second kappa shape index (κ2) is 9.72. The third kappa shape index (κ3) is 3.92. The molecule has 3 aliphatic heterocycles. The van der Waals surface area contributed by atoms with Crippen molar-refractivity contribution in [2.24, 2.45) is 0 Å². The molecule has 9 nitrogen and oxygen atoms in total. The van der Waals surface area contributed by atoms with Crippen LogP contribution in [0.3, 0.4) is 0 Å². The Kier molecular flexibility index (Phi) is 6.47. The number of hydrogen-bond acceptors (Lipinski definition) is 6. The second-order valence-corrected chi connectivity index (χ2v) is 9.18. The molecule has 0 aromatic heterocycles. The van der Waals surface area contributed by atoms with Crippen molar-refractivity contribution in [1.29, 1.82) is 0 Å². The zero-order valence-electron chi connectivity index (χ0n) is 20.9. The fourth-order valence-corrected chi connectivity index (χ4v) is 5.64. The molecule has 3 amide bonds. The minimum Gasteiger partial charge on any atom is -0.493 e. The van der Waals surface area contributed by atoms with Crippen molar-refractivity contribution in [2.45, 2.75) is 25.3 Å². The van der Waals surface area contributed by atoms with E-state index in [4.69, 9.17) is 14.2 Å². The van der Waals surface area contributed by atoms with E-state index in [0.717, 1.165) is 17.5 Å². The highest BCUT2D eigenvalue weighted by Crippen LogP contribution is 2.49. The first-order chi connectivity index (χ1) is 17.5. The zero-order chi connectivity index (χ0) is 25.4. The number of hydrogen-bond donors (Lipinski definition) is 0. The summed E-state index contributed by atoms with van der Waals surface area (Å²) in [6.45, 7) is 4.23. The number of ether oxygens (including phenoxy) is 3. The molecule has 5 rings (SSSR count). The van der Waals surface area contributed by atoms with Crippen LogP contribution in [0.2, 0.25) is 0 Å². The summed E-state index contributed by atoms with van der Waals surface area (Å²) >= 11 is 0. The average molecular weight is 494 g/mol. The Morgan fingerprint density at radius 1 is 0.917 bits per heavy atom. The van der Waals surface area contributed by atoms with Gasteiger partial charge in [-0.3, -0.25) is 9.59 Å². The number of carbonyl (C=O) groups is 3. The van der Waals surface area contributed by atoms with E-state index in [1.807, 2.05) is 23.1 Å². The fourth-order valence-electron chi connectivity index (χ4n) is 5.64. The molecule has 2 aromatic carbocycles. The van der Waals surface area contributed by atoms with E-state index >= 15 is 0 Å². The van der Waals surface area contributed by atoms with Crippen LogP contribution in [0.5, 0.6) is 11.5 Å². The first kappa shape index (κ1) is 24.0. The molecular formula is C27H31N3O6. The van der Waals surface area contributed by atoms with Crippen molar-refractivity contribution < 1.29 is 28.6 Å². The molecule has 3 aliphatic rings. The SMILES string of the molecule is CCOC(=O)N1CCN(C(=O)[C@@H]2c3cc(OC)c(OC)cc3C(=O)N3CCc4ccccc4[C@H]23)CC1. The maximum Gasteiger partial charge on any atom is 0.409 e. The summed E-state index contributed by atoms with van der Waals surface area (Å²) in [6, 6.07) is 11.1. The molecule has 190 valence electrons. The van der Waals surface area contributed by atoms with Gasteiger partial charge in [-0.2, -0.15) is 0 Å². The maximum absolute atomic E-state index is 14.2. The van der Waals surface area contributed by atoms with E-state index in [9.17, 15) is 14.4 Å². The lowest BCUT2D eigenvalue weighted by molar-refractivity contribution is -0.136. The number of nitrogens with zero attached hydrogens (tertiary/aromatic N) is 3. The van der Waals surface area contributed by atoms with Gasteiger partial charge < -0.3 is 28.9 Å². The molecule has 0 aliphatic carbocycles. The molecule has 0 N–H and O–H groups in total. The highest BCUT2D eigenvalue weighted by molar-refractivity contribution is 6.02. The number of fused-ring (bicyclic) bond motifs is 4. The average Bonchev–Trinajstić information content (AvgIpc) is 2.92. The summed E-state index contributed by atoms with van der Waals surface area (Å²) in [4.78, 5) is 45.3. The quantitative estimate of drug-likeness (QED) is 0.651. The molecule has 2 atom stereocenters. The van der Waals surface area contributed by atoms with Crippen LogP contribution in [0, 0.1) is 0 Å². The molecule has 0 saturated carbocycles. The molecule has 36 heavy (non-hydrogen) atoms. The van der Waals surface area contributed by atoms with Crippen molar-refractivity contribution in [3.63, 3.8) is 0 Å². The monoisotopic (exact) mass is 493 g/mol. The van der Waals surface area contributed by atoms with Crippen LogP contribution in [0.1, 0.15) is 45.9 Å². The fraction of sp³-hybridized carbons (Fsp3) is 0.444. The van der Waals surface area contributed by atoms with Crippen LogP contribution < -0.4 is 9.47 Å². The summed E-state index contributed by atoms with van der Waals surface area (Å²) in [5.74, 6) is 0.155. The zero-order valence-corrected chi connectivity index (χ0v) is 20.9. The minimum atomic E-state index is -0.604. The Morgan fingerprint density at radius 2 is 1.58 bits per heavy atom. The summed E-state index contributed by atoms with van der Waals surface area (Å²) < 4.78 is 16.1. The maximum atomic E-state index is 14.2. The van der Waals surface area contributed by atoms with E-state index in [1.54, 1.807) is 36.0 Å². The Bertz CT molecular complexity index is 1190. The van der Waals surface area contributed by atoms with Crippen LogP contribution in [-0.4, -0.2) is 86.2 Å². The molecule has 0 bridgehead atoms. The van der Waals surface area contributed by atoms with Crippen molar-refractivity contribution in [1.82, 2.24) is 14.7 Å². The van der Waals surface area contributed by atoms with Gasteiger partial charge in [0.05, 0.1) is 32.8 Å². The van der Waals surface area contributed by atoms with E-state index in [1.165, 1.54) is 7.11 Å². The number of carbonyl (C=O) groups excluding carboxylic acids is 3. The summed E-state index contributed by atoms with van der Waals surface area (Å²) in [5, 5.41) is 0. The van der Waals surface area contributed by atoms with Crippen molar-refractivity contribution in [3.05, 3.63) is 58.7 Å². The lowest BCUT2D eigenvalue weighted by Gasteiger charge is -2.47. The van der Waals surface area contributed by atoms with Crippen LogP contribution in [0.4, 0.5) is 4.79 Å². The third-order valence-corrected chi connectivity index (χ3v) is 7.41. The van der Waals surface area contributed by atoms with E-state index in [-0.39, 0.29) is 17.9 Å². The van der Waals surface area contributed by atoms with Gasteiger partial charge in [-0.1, -0.05) is 24.3 Å². The first-order valence-electron chi connectivity index (χ1n) is 12.3. The van der Waals surface area contributed by atoms with Gasteiger partial charge in [0.15, 0.2) is 11.5 Å². The van der Waals surface area contributed by atoms with Gasteiger partial charge in [0.2, 0.25) is 5.91 Å². The first-order valence-corrected chi connectivity index (χ1v) is 12.3. The largest absolute Gasteiger partial charge is 0.493 e. The van der Waals surface area contributed by atoms with Crippen LogP contribution in [0.25, 0.3) is 0 Å². The molecule has 2 aromatic rings. The molecule has 9 heteroatoms. The number of piperazine rings is 1. The van der Waals surface area contributed by atoms with Crippen LogP contribution in [0.15, 0.2) is 36.4 Å². The highest BCUT2D eigenvalue weighted by atomic mass is 16.6. The van der Waals surface area contributed by atoms with Crippen LogP contribution in [-0.2, 0) is 16.0 Å². The van der Waals surface area contributed by atoms with Crippen LogP contribution >= 0.6 is 0 Å². The number of rotatable bonds is 4. The normalized spacial score (nSPS) is 20.8. The lowest BCUT2D eigenvalue weighted by Crippen LogP contribution is -2.55. The van der Waals surface area contributed by atoms with Crippen molar-refractivity contribution >= 4 is 17.9 Å². The number of methoxy groups -OCH3 is 2. The lowest BCUT2D eigenvalue weighted by atomic mass is 9.75. The smallest absolute Gasteiger partial charge is 0.409 e. The predicted octanol–water partition coefficient (Wildman–Crippen LogP) is 2.84. The summed E-state index contributed by atoms with van der Waals surface area (Å²) in [7, 11) is 3.08. The van der Waals surface area contributed by atoms with Gasteiger partial charge in [-0.25, -0.2) is 4.79 Å². The molecule has 0 unspecified atom stereocenters. The molecular weight excluding hydrogens is 462 g/mol. The molecule has 0 radical (unpaired) electrons. The molecule has 1 fully saturated rings. The summed E-state index contributed by atoms with van der Waals surface area (Å²) in [5.41, 5.74) is 3.27. The molecule has 0 spiro atoms. The standard InChI is InChI=1S/C27H31N3O6/c1-4-36-27(33)29-13-11-28(12-14-29)26(32)23-19-15-21(34-2)22(35-3)16-20(19)25(31)30-10-9-17-7-5-6-8-18(17)24(23)30/h5-8,15-16,23-24H,4,9-14H2,1-3H3/t23-,24-/m1/s1. The highest BCUT2D eigenvalue weighted by Gasteiger charge is 2.48. The third-order valence-electron chi connectivity index (χ3n) is 7.41. The van der Waals surface area contributed by atoms with Gasteiger partial charge >= 0.3 is 6.09 Å². The predicted molar refractivity (Wildman–Crippen MR) is 131 cm³/mol. The Labute approximate surface area is 210 Å². The van der Waals surface area contributed by atoms with Gasteiger partial charge in [-0.05, 0) is 42.2 Å². The Morgan fingerprint density at radius 3 is 2.28 bits per heavy atom. The van der Waals surface area contributed by atoms with Gasteiger partial charge in [0.1, 0.15) is 0 Å². The topological polar surface area (TPSA) is 88.6 Å². The van der Waals surface area contributed by atoms with Crippen molar-refractivity contribution in [3.8, 4) is 11.5 Å². The van der Waals surface area contributed by atoms with Gasteiger partial charge in [0.25, 0.3) is 5.91 Å². The van der Waals surface area contributed by atoms with Gasteiger partial charge in [-0.15, -0.1) is 0 Å². The number of benzene rings is 2. The van der Waals surface area contributed by atoms with E-state index < -0.39 is 12.0 Å². The Balaban J connectivity index is 1.56. The minimum absolute atomic E-state index is 0.0637. The van der Waals surface area contributed by atoms with E-state index in [0.29, 0.717) is 62.0 Å². The summed E-state index contributed by atoms with van der Waals surface area (Å²) in [6.07, 6.45) is 0.377. The Hall–Kier alpha value is -3.75. The van der Waals surface area contributed by atoms with E-state index in [2.05, 4.69) is 6.07 Å².